The lowest BCUT2D eigenvalue weighted by molar-refractivity contribution is 0.0952. The summed E-state index contributed by atoms with van der Waals surface area (Å²) in [5, 5.41) is 8.87. The van der Waals surface area contributed by atoms with E-state index in [1.54, 1.807) is 4.68 Å². The Kier molecular flexibility index (Phi) is 4.49. The molecule has 3 aromatic rings. The fourth-order valence-corrected chi connectivity index (χ4v) is 3.91. The first-order valence-corrected chi connectivity index (χ1v) is 9.67. The molecule has 0 bridgehead atoms. The molecule has 1 amide bonds. The Morgan fingerprint density at radius 2 is 2.15 bits per heavy atom. The molecule has 1 aliphatic rings. The zero-order valence-electron chi connectivity index (χ0n) is 14.5. The molecule has 1 saturated carbocycles. The number of benzene rings is 1. The number of nitrogens with one attached hydrogen (secondary N) is 1. The van der Waals surface area contributed by atoms with Gasteiger partial charge in [-0.15, -0.1) is 0 Å². The maximum atomic E-state index is 12.9. The van der Waals surface area contributed by atoms with Crippen molar-refractivity contribution in [2.75, 3.05) is 0 Å². The van der Waals surface area contributed by atoms with Gasteiger partial charge >= 0.3 is 0 Å². The van der Waals surface area contributed by atoms with Crippen molar-refractivity contribution in [1.29, 1.82) is 0 Å². The number of pyridine rings is 1. The average Bonchev–Trinajstić information content (AvgIpc) is 3.40. The zero-order chi connectivity index (χ0) is 18.4. The third-order valence-electron chi connectivity index (χ3n) is 4.68. The van der Waals surface area contributed by atoms with Gasteiger partial charge in [0.15, 0.2) is 5.65 Å². The molecule has 4 rings (SSSR count). The first-order valence-electron chi connectivity index (χ1n) is 8.50. The molecule has 5 nitrogen and oxygen atoms in total. The lowest BCUT2D eigenvalue weighted by Gasteiger charge is -2.10. The van der Waals surface area contributed by atoms with Crippen LogP contribution < -0.4 is 5.32 Å². The second kappa shape index (κ2) is 6.67. The Bertz CT molecular complexity index is 1030. The molecule has 0 saturated heterocycles. The minimum absolute atomic E-state index is 0.130. The van der Waals surface area contributed by atoms with Crippen LogP contribution in [0.5, 0.6) is 0 Å². The number of rotatable bonds is 4. The number of carbonyl (C=O) groups excluding carboxylic acids is 1. The number of fused-ring (bicyclic) bond motifs is 1. The Balaban J connectivity index is 1.67. The lowest BCUT2D eigenvalue weighted by Crippen LogP contribution is -2.23. The van der Waals surface area contributed by atoms with Crippen LogP contribution in [0.4, 0.5) is 0 Å². The van der Waals surface area contributed by atoms with Crippen LogP contribution in [0.3, 0.4) is 0 Å². The molecule has 0 spiro atoms. The highest BCUT2D eigenvalue weighted by Gasteiger charge is 2.28. The fraction of sp³-hybridized carbons (Fsp3) is 0.316. The largest absolute Gasteiger partial charge is 0.348 e. The third kappa shape index (κ3) is 3.23. The van der Waals surface area contributed by atoms with Crippen LogP contribution >= 0.6 is 27.5 Å². The van der Waals surface area contributed by atoms with Crippen LogP contribution in [0, 0.1) is 6.92 Å². The molecule has 7 heteroatoms. The molecule has 1 aliphatic carbocycles. The van der Waals surface area contributed by atoms with Crippen molar-refractivity contribution < 1.29 is 4.79 Å². The van der Waals surface area contributed by atoms with Crippen molar-refractivity contribution in [3.63, 3.8) is 0 Å². The second-order valence-corrected chi connectivity index (χ2v) is 8.02. The molecule has 1 N–H and O–H groups in total. The van der Waals surface area contributed by atoms with E-state index in [4.69, 9.17) is 16.6 Å². The highest BCUT2D eigenvalue weighted by molar-refractivity contribution is 9.10. The number of hydrogen-bond acceptors (Lipinski definition) is 3. The monoisotopic (exact) mass is 432 g/mol. The summed E-state index contributed by atoms with van der Waals surface area (Å²) in [5.41, 5.74) is 4.06. The van der Waals surface area contributed by atoms with Gasteiger partial charge in [0.05, 0.1) is 16.6 Å². The van der Waals surface area contributed by atoms with Crippen molar-refractivity contribution in [2.24, 2.45) is 7.05 Å². The van der Waals surface area contributed by atoms with E-state index >= 15 is 0 Å². The standard InChI is InChI=1S/C19H18BrClN4O/c1-10-17-14(8-16(11-3-4-11)23-18(17)25(2)24-10)19(26)22-9-12-5-6-13(20)7-15(12)21/h5-8,11H,3-4,9H2,1-2H3,(H,22,26). The summed E-state index contributed by atoms with van der Waals surface area (Å²) >= 11 is 9.64. The van der Waals surface area contributed by atoms with Gasteiger partial charge < -0.3 is 5.32 Å². The molecule has 0 unspecified atom stereocenters. The van der Waals surface area contributed by atoms with Crippen molar-refractivity contribution in [3.05, 3.63) is 56.3 Å². The van der Waals surface area contributed by atoms with Crippen molar-refractivity contribution in [2.45, 2.75) is 32.2 Å². The van der Waals surface area contributed by atoms with Gasteiger partial charge in [0, 0.05) is 34.7 Å². The minimum Gasteiger partial charge on any atom is -0.348 e. The van der Waals surface area contributed by atoms with Gasteiger partial charge in [0.1, 0.15) is 0 Å². The SMILES string of the molecule is Cc1nn(C)c2nc(C3CC3)cc(C(=O)NCc3ccc(Br)cc3Cl)c12. The van der Waals surface area contributed by atoms with Gasteiger partial charge in [0.2, 0.25) is 0 Å². The summed E-state index contributed by atoms with van der Waals surface area (Å²) in [6, 6.07) is 7.56. The van der Waals surface area contributed by atoms with Gasteiger partial charge in [-0.05, 0) is 43.5 Å². The average molecular weight is 434 g/mol. The molecule has 2 heterocycles. The molecule has 1 aromatic carbocycles. The van der Waals surface area contributed by atoms with Gasteiger partial charge in [-0.1, -0.05) is 33.6 Å². The Morgan fingerprint density at radius 1 is 1.38 bits per heavy atom. The van der Waals surface area contributed by atoms with E-state index < -0.39 is 0 Å². The molecule has 134 valence electrons. The molecule has 0 aliphatic heterocycles. The van der Waals surface area contributed by atoms with Gasteiger partial charge in [-0.3, -0.25) is 9.48 Å². The van der Waals surface area contributed by atoms with E-state index in [9.17, 15) is 4.79 Å². The number of aromatic nitrogens is 3. The maximum absolute atomic E-state index is 12.9. The fourth-order valence-electron chi connectivity index (χ4n) is 3.17. The van der Waals surface area contributed by atoms with Crippen LogP contribution in [0.1, 0.15) is 46.1 Å². The summed E-state index contributed by atoms with van der Waals surface area (Å²) in [6.45, 7) is 2.27. The van der Waals surface area contributed by atoms with Crippen LogP contribution in [0.15, 0.2) is 28.7 Å². The topological polar surface area (TPSA) is 59.8 Å². The first-order chi connectivity index (χ1) is 12.4. The van der Waals surface area contributed by atoms with Crippen LogP contribution in [-0.2, 0) is 13.6 Å². The van der Waals surface area contributed by atoms with Crippen molar-refractivity contribution in [3.8, 4) is 0 Å². The Hall–Kier alpha value is -1.92. The zero-order valence-corrected chi connectivity index (χ0v) is 16.9. The van der Waals surface area contributed by atoms with E-state index in [-0.39, 0.29) is 5.91 Å². The highest BCUT2D eigenvalue weighted by Crippen LogP contribution is 2.40. The van der Waals surface area contributed by atoms with E-state index in [0.717, 1.165) is 45.3 Å². The van der Waals surface area contributed by atoms with Gasteiger partial charge in [-0.2, -0.15) is 5.10 Å². The molecule has 2 aromatic heterocycles. The summed E-state index contributed by atoms with van der Waals surface area (Å²) in [7, 11) is 1.86. The second-order valence-electron chi connectivity index (χ2n) is 6.69. The molecular formula is C19H18BrClN4O. The summed E-state index contributed by atoms with van der Waals surface area (Å²) < 4.78 is 2.66. The summed E-state index contributed by atoms with van der Waals surface area (Å²) in [6.07, 6.45) is 2.26. The van der Waals surface area contributed by atoms with E-state index in [1.165, 1.54) is 0 Å². The predicted octanol–water partition coefficient (Wildman–Crippen LogP) is 4.50. The molecule has 26 heavy (non-hydrogen) atoms. The van der Waals surface area contributed by atoms with Gasteiger partial charge in [-0.25, -0.2) is 4.98 Å². The predicted molar refractivity (Wildman–Crippen MR) is 106 cm³/mol. The number of amides is 1. The van der Waals surface area contributed by atoms with Crippen molar-refractivity contribution in [1.82, 2.24) is 20.1 Å². The lowest BCUT2D eigenvalue weighted by atomic mass is 10.1. The Labute approximate surface area is 164 Å². The number of nitrogens with zero attached hydrogens (tertiary/aromatic N) is 3. The number of aryl methyl sites for hydroxylation is 2. The quantitative estimate of drug-likeness (QED) is 0.659. The normalized spacial score (nSPS) is 14.0. The maximum Gasteiger partial charge on any atom is 0.252 e. The number of hydrogen-bond donors (Lipinski definition) is 1. The van der Waals surface area contributed by atoms with Crippen molar-refractivity contribution >= 4 is 44.5 Å². The molecular weight excluding hydrogens is 416 g/mol. The van der Waals surface area contributed by atoms with E-state index in [1.807, 2.05) is 38.2 Å². The summed E-state index contributed by atoms with van der Waals surface area (Å²) in [5.74, 6) is 0.330. The smallest absolute Gasteiger partial charge is 0.252 e. The van der Waals surface area contributed by atoms with E-state index in [0.29, 0.717) is 23.0 Å². The number of carbonyl (C=O) groups is 1. The number of halogens is 2. The first kappa shape index (κ1) is 17.5. The molecule has 0 radical (unpaired) electrons. The van der Waals surface area contributed by atoms with Crippen LogP contribution in [0.25, 0.3) is 11.0 Å². The van der Waals surface area contributed by atoms with Gasteiger partial charge in [0.25, 0.3) is 5.91 Å². The third-order valence-corrected chi connectivity index (χ3v) is 5.53. The highest BCUT2D eigenvalue weighted by atomic mass is 79.9. The Morgan fingerprint density at radius 3 is 2.85 bits per heavy atom. The molecule has 1 fully saturated rings. The van der Waals surface area contributed by atoms with Crippen LogP contribution in [0.2, 0.25) is 5.02 Å². The summed E-state index contributed by atoms with van der Waals surface area (Å²) in [4.78, 5) is 17.7. The molecule has 0 atom stereocenters. The minimum atomic E-state index is -0.130. The van der Waals surface area contributed by atoms with E-state index in [2.05, 4.69) is 26.3 Å². The van der Waals surface area contributed by atoms with Crippen LogP contribution in [-0.4, -0.2) is 20.7 Å².